The summed E-state index contributed by atoms with van der Waals surface area (Å²) in [7, 11) is 1.65. The fourth-order valence-electron chi connectivity index (χ4n) is 6.42. The van der Waals surface area contributed by atoms with Gasteiger partial charge in [0.05, 0.1) is 13.3 Å². The maximum atomic E-state index is 14.5. The van der Waals surface area contributed by atoms with Gasteiger partial charge in [0.15, 0.2) is 0 Å². The Balaban J connectivity index is 1.31. The average Bonchev–Trinajstić information content (AvgIpc) is 3.71. The maximum absolute atomic E-state index is 14.5. The van der Waals surface area contributed by atoms with Gasteiger partial charge in [-0.25, -0.2) is 0 Å². The van der Waals surface area contributed by atoms with Crippen LogP contribution >= 0.6 is 0 Å². The first-order valence-electron chi connectivity index (χ1n) is 15.2. The Kier molecular flexibility index (Phi) is 8.18. The highest BCUT2D eigenvalue weighted by atomic mass is 16.5. The summed E-state index contributed by atoms with van der Waals surface area (Å²) in [6.45, 7) is 2.53. The maximum Gasteiger partial charge on any atom is 0.295 e. The van der Waals surface area contributed by atoms with Crippen molar-refractivity contribution in [2.45, 2.75) is 62.8 Å². The van der Waals surface area contributed by atoms with Crippen molar-refractivity contribution in [3.8, 4) is 17.0 Å². The Morgan fingerprint density at radius 1 is 1.05 bits per heavy atom. The lowest BCUT2D eigenvalue weighted by Crippen LogP contribution is -2.56. The minimum Gasteiger partial charge on any atom is -0.495 e. The Morgan fingerprint density at radius 3 is 2.58 bits per heavy atom. The predicted molar refractivity (Wildman–Crippen MR) is 169 cm³/mol. The molecule has 1 aliphatic carbocycles. The number of aromatic nitrogens is 3. The van der Waals surface area contributed by atoms with Crippen LogP contribution in [-0.4, -0.2) is 40.1 Å². The molecule has 8 nitrogen and oxygen atoms in total. The van der Waals surface area contributed by atoms with Crippen molar-refractivity contribution in [2.75, 3.05) is 19.0 Å². The van der Waals surface area contributed by atoms with E-state index in [9.17, 15) is 4.79 Å². The second-order valence-electron chi connectivity index (χ2n) is 11.6. The number of ether oxygens (including phenoxy) is 1. The zero-order valence-corrected chi connectivity index (χ0v) is 24.9. The van der Waals surface area contributed by atoms with Crippen LogP contribution in [0.15, 0.2) is 89.8 Å². The van der Waals surface area contributed by atoms with E-state index in [-0.39, 0.29) is 11.3 Å². The Labute approximate surface area is 252 Å². The molecular weight excluding hydrogens is 538 g/mol. The van der Waals surface area contributed by atoms with E-state index in [0.29, 0.717) is 31.1 Å². The first-order chi connectivity index (χ1) is 21.0. The van der Waals surface area contributed by atoms with E-state index < -0.39 is 5.54 Å². The zero-order chi connectivity index (χ0) is 29.7. The van der Waals surface area contributed by atoms with Gasteiger partial charge in [-0.2, -0.15) is 4.98 Å². The number of nitrogens with zero attached hydrogens (tertiary/aromatic N) is 2. The number of carbonyl (C=O) groups excluding carboxylic acids is 1. The summed E-state index contributed by atoms with van der Waals surface area (Å²) in [5, 5.41) is 7.93. The third-order valence-corrected chi connectivity index (χ3v) is 9.04. The van der Waals surface area contributed by atoms with E-state index in [1.54, 1.807) is 19.6 Å². The van der Waals surface area contributed by atoms with Gasteiger partial charge in [-0.1, -0.05) is 74.7 Å². The van der Waals surface area contributed by atoms with Gasteiger partial charge in [-0.15, -0.1) is 0 Å². The summed E-state index contributed by atoms with van der Waals surface area (Å²) in [5.41, 5.74) is 3.52. The molecule has 2 aromatic carbocycles. The number of aromatic amines is 1. The number of benzene rings is 2. The van der Waals surface area contributed by atoms with E-state index in [2.05, 4.69) is 27.8 Å². The summed E-state index contributed by atoms with van der Waals surface area (Å²) in [6, 6.07) is 22.4. The summed E-state index contributed by atoms with van der Waals surface area (Å²) in [6.07, 6.45) is 11.7. The van der Waals surface area contributed by atoms with Gasteiger partial charge >= 0.3 is 0 Å². The lowest BCUT2D eigenvalue weighted by Gasteiger charge is -2.39. The molecule has 1 aliphatic rings. The second kappa shape index (κ2) is 12.3. The number of nitrogens with one attached hydrogen (secondary N) is 3. The lowest BCUT2D eigenvalue weighted by molar-refractivity contribution is -0.126. The number of hydrogen-bond acceptors (Lipinski definition) is 6. The minimum absolute atomic E-state index is 0.0850. The molecule has 6 rings (SSSR count). The summed E-state index contributed by atoms with van der Waals surface area (Å²) >= 11 is 0. The number of methoxy groups -OCH3 is 1. The van der Waals surface area contributed by atoms with Gasteiger partial charge in [0, 0.05) is 46.7 Å². The van der Waals surface area contributed by atoms with Gasteiger partial charge in [-0.05, 0) is 43.0 Å². The van der Waals surface area contributed by atoms with Gasteiger partial charge in [-0.3, -0.25) is 9.78 Å². The molecule has 1 amide bonds. The molecule has 0 radical (unpaired) electrons. The number of H-pyrrole nitrogens is 1. The topological polar surface area (TPSA) is 105 Å². The Bertz CT molecular complexity index is 1650. The number of pyridine rings is 1. The zero-order valence-electron chi connectivity index (χ0n) is 24.9. The average molecular weight is 578 g/mol. The third kappa shape index (κ3) is 5.87. The highest BCUT2D eigenvalue weighted by Crippen LogP contribution is 2.39. The fraction of sp³-hybridized carbons (Fsp3) is 0.343. The van der Waals surface area contributed by atoms with Crippen molar-refractivity contribution >= 4 is 22.8 Å². The van der Waals surface area contributed by atoms with Crippen LogP contribution < -0.4 is 15.4 Å². The SMILES string of the molecule is CC[C@@](Cc1c[nH]c2ccccc12)(Nc1nc(-c2ccccc2)co1)C(=O)NCC1(c2ccc(OC)cn2)CCCCC1. The third-order valence-electron chi connectivity index (χ3n) is 9.04. The molecule has 0 saturated heterocycles. The monoisotopic (exact) mass is 577 g/mol. The fourth-order valence-corrected chi connectivity index (χ4v) is 6.42. The van der Waals surface area contributed by atoms with Gasteiger partial charge in [0.25, 0.3) is 6.01 Å². The van der Waals surface area contributed by atoms with Crippen molar-refractivity contribution in [2.24, 2.45) is 0 Å². The van der Waals surface area contributed by atoms with E-state index in [4.69, 9.17) is 19.1 Å². The number of carbonyl (C=O) groups is 1. The number of fused-ring (bicyclic) bond motifs is 1. The molecule has 8 heteroatoms. The quantitative estimate of drug-likeness (QED) is 0.155. The van der Waals surface area contributed by atoms with Gasteiger partial charge in [0.2, 0.25) is 5.91 Å². The largest absolute Gasteiger partial charge is 0.495 e. The summed E-state index contributed by atoms with van der Waals surface area (Å²) in [4.78, 5) is 27.3. The highest BCUT2D eigenvalue weighted by Gasteiger charge is 2.42. The van der Waals surface area contributed by atoms with Crippen molar-refractivity contribution in [1.82, 2.24) is 20.3 Å². The number of oxazole rings is 1. The molecule has 0 spiro atoms. The molecule has 3 aromatic heterocycles. The number of para-hydroxylation sites is 1. The van der Waals surface area contributed by atoms with Crippen LogP contribution in [0.5, 0.6) is 5.75 Å². The van der Waals surface area contributed by atoms with Crippen molar-refractivity contribution in [3.63, 3.8) is 0 Å². The van der Waals surface area contributed by atoms with Crippen LogP contribution in [0.4, 0.5) is 6.01 Å². The molecule has 43 heavy (non-hydrogen) atoms. The number of hydrogen-bond donors (Lipinski definition) is 3. The first-order valence-corrected chi connectivity index (χ1v) is 15.2. The molecule has 1 fully saturated rings. The predicted octanol–water partition coefficient (Wildman–Crippen LogP) is 7.05. The molecule has 0 bridgehead atoms. The molecule has 0 aliphatic heterocycles. The Hall–Kier alpha value is -4.59. The van der Waals surface area contributed by atoms with Crippen molar-refractivity contribution in [1.29, 1.82) is 0 Å². The lowest BCUT2D eigenvalue weighted by atomic mass is 9.71. The first kappa shape index (κ1) is 28.5. The summed E-state index contributed by atoms with van der Waals surface area (Å²) in [5.74, 6) is 0.644. The van der Waals surface area contributed by atoms with Crippen LogP contribution in [0.3, 0.4) is 0 Å². The van der Waals surface area contributed by atoms with Crippen LogP contribution in [0.25, 0.3) is 22.2 Å². The van der Waals surface area contributed by atoms with Crippen molar-refractivity contribution in [3.05, 3.63) is 96.6 Å². The van der Waals surface area contributed by atoms with Crippen LogP contribution in [0, 0.1) is 0 Å². The van der Waals surface area contributed by atoms with E-state index in [1.807, 2.05) is 67.7 Å². The van der Waals surface area contributed by atoms with Gasteiger partial charge < -0.3 is 24.8 Å². The molecule has 3 N–H and O–H groups in total. The molecule has 5 aromatic rings. The molecule has 222 valence electrons. The summed E-state index contributed by atoms with van der Waals surface area (Å²) < 4.78 is 11.3. The minimum atomic E-state index is -1.01. The molecule has 1 saturated carbocycles. The number of rotatable bonds is 11. The van der Waals surface area contributed by atoms with Crippen LogP contribution in [-0.2, 0) is 16.6 Å². The molecule has 1 atom stereocenters. The smallest absolute Gasteiger partial charge is 0.295 e. The van der Waals surface area contributed by atoms with Crippen LogP contribution in [0.1, 0.15) is 56.7 Å². The second-order valence-corrected chi connectivity index (χ2v) is 11.6. The highest BCUT2D eigenvalue weighted by molar-refractivity contribution is 5.91. The number of amides is 1. The standard InChI is InChI=1S/C35H39N5O3/c1-3-35(20-26-21-36-29-15-9-8-14-28(26)29,40-33-39-30(23-43-33)25-12-6-4-7-13-25)32(41)38-24-34(18-10-5-11-19-34)31-17-16-27(42-2)22-37-31/h4,6-9,12-17,21-23,36H,3,5,10-11,18-20,24H2,1-2H3,(H,38,41)(H,39,40)/t35-/m0/s1. The van der Waals surface area contributed by atoms with E-state index in [0.717, 1.165) is 59.2 Å². The van der Waals surface area contributed by atoms with E-state index in [1.165, 1.54) is 6.42 Å². The molecule has 0 unspecified atom stereocenters. The number of anilines is 1. The van der Waals surface area contributed by atoms with Gasteiger partial charge in [0.1, 0.15) is 23.2 Å². The van der Waals surface area contributed by atoms with Crippen molar-refractivity contribution < 1.29 is 13.9 Å². The normalized spacial score (nSPS) is 16.0. The van der Waals surface area contributed by atoms with Crippen LogP contribution in [0.2, 0.25) is 0 Å². The van der Waals surface area contributed by atoms with E-state index >= 15 is 0 Å². The Morgan fingerprint density at radius 2 is 1.84 bits per heavy atom. The molecular formula is C35H39N5O3. The molecule has 3 heterocycles.